The van der Waals surface area contributed by atoms with Crippen LogP contribution in [0.15, 0.2) is 0 Å². The largest absolute Gasteiger partial charge is 0.466 e. The lowest BCUT2D eigenvalue weighted by Gasteiger charge is -2.26. The first-order valence-electron chi connectivity index (χ1n) is 5.71. The molecule has 0 radical (unpaired) electrons. The highest BCUT2D eigenvalue weighted by atomic mass is 79.9. The Kier molecular flexibility index (Phi) is 9.10. The molecule has 1 saturated heterocycles. The van der Waals surface area contributed by atoms with Gasteiger partial charge in [-0.2, -0.15) is 0 Å². The van der Waals surface area contributed by atoms with E-state index in [0.29, 0.717) is 13.0 Å². The van der Waals surface area contributed by atoms with Crippen molar-refractivity contribution >= 4 is 23.0 Å². The van der Waals surface area contributed by atoms with E-state index in [9.17, 15) is 4.79 Å². The third-order valence-corrected chi connectivity index (χ3v) is 2.61. The zero-order chi connectivity index (χ0) is 10.2. The molecule has 1 fully saturated rings. The lowest BCUT2D eigenvalue weighted by atomic mass is 10.1. The van der Waals surface area contributed by atoms with Crippen LogP contribution in [0, 0.1) is 0 Å². The van der Waals surface area contributed by atoms with Gasteiger partial charge in [-0.25, -0.2) is 0 Å². The van der Waals surface area contributed by atoms with Gasteiger partial charge in [0.2, 0.25) is 0 Å². The average molecular weight is 280 g/mol. The number of rotatable bonds is 5. The van der Waals surface area contributed by atoms with Crippen molar-refractivity contribution in [3.63, 3.8) is 0 Å². The van der Waals surface area contributed by atoms with E-state index in [1.165, 1.54) is 32.4 Å². The van der Waals surface area contributed by atoms with Crippen LogP contribution in [0.4, 0.5) is 0 Å². The van der Waals surface area contributed by atoms with Gasteiger partial charge in [0, 0.05) is 6.42 Å². The minimum Gasteiger partial charge on any atom is -0.466 e. The van der Waals surface area contributed by atoms with Crippen molar-refractivity contribution < 1.29 is 9.53 Å². The second kappa shape index (κ2) is 9.16. The van der Waals surface area contributed by atoms with E-state index in [-0.39, 0.29) is 23.0 Å². The number of carbonyl (C=O) groups excluding carboxylic acids is 1. The third kappa shape index (κ3) is 6.90. The van der Waals surface area contributed by atoms with Crippen LogP contribution in [0.3, 0.4) is 0 Å². The lowest BCUT2D eigenvalue weighted by molar-refractivity contribution is -0.143. The maximum atomic E-state index is 11.0. The SMILES string of the molecule is Br.CCOC(=O)CCCN1CCCCC1. The van der Waals surface area contributed by atoms with Gasteiger partial charge in [0.25, 0.3) is 0 Å². The molecular formula is C11H22BrNO2. The Morgan fingerprint density at radius 2 is 1.93 bits per heavy atom. The zero-order valence-corrected chi connectivity index (χ0v) is 11.2. The fourth-order valence-electron chi connectivity index (χ4n) is 1.86. The molecule has 1 aliphatic rings. The first-order valence-corrected chi connectivity index (χ1v) is 5.71. The summed E-state index contributed by atoms with van der Waals surface area (Å²) in [6, 6.07) is 0. The van der Waals surface area contributed by atoms with Gasteiger partial charge in [-0.1, -0.05) is 6.42 Å². The second-order valence-electron chi connectivity index (χ2n) is 3.81. The topological polar surface area (TPSA) is 29.5 Å². The Hall–Kier alpha value is -0.0900. The summed E-state index contributed by atoms with van der Waals surface area (Å²) in [5, 5.41) is 0. The number of hydrogen-bond donors (Lipinski definition) is 0. The van der Waals surface area contributed by atoms with E-state index in [1.54, 1.807) is 0 Å². The highest BCUT2D eigenvalue weighted by Gasteiger charge is 2.10. The first kappa shape index (κ1) is 14.9. The van der Waals surface area contributed by atoms with Crippen molar-refractivity contribution in [1.29, 1.82) is 0 Å². The summed E-state index contributed by atoms with van der Waals surface area (Å²) in [5.74, 6) is -0.0514. The number of halogens is 1. The zero-order valence-electron chi connectivity index (χ0n) is 9.54. The van der Waals surface area contributed by atoms with E-state index >= 15 is 0 Å². The third-order valence-electron chi connectivity index (χ3n) is 2.61. The Morgan fingerprint density at radius 1 is 1.27 bits per heavy atom. The first-order chi connectivity index (χ1) is 6.83. The number of carbonyl (C=O) groups is 1. The fourth-order valence-corrected chi connectivity index (χ4v) is 1.86. The van der Waals surface area contributed by atoms with Crippen LogP contribution < -0.4 is 0 Å². The van der Waals surface area contributed by atoms with E-state index in [2.05, 4.69) is 4.90 Å². The number of ether oxygens (including phenoxy) is 1. The van der Waals surface area contributed by atoms with Crippen LogP contribution >= 0.6 is 17.0 Å². The Bertz CT molecular complexity index is 170. The number of esters is 1. The monoisotopic (exact) mass is 279 g/mol. The Balaban J connectivity index is 0.00000196. The highest BCUT2D eigenvalue weighted by molar-refractivity contribution is 8.93. The van der Waals surface area contributed by atoms with Crippen LogP contribution in [0.2, 0.25) is 0 Å². The van der Waals surface area contributed by atoms with Crippen LogP contribution in [0.25, 0.3) is 0 Å². The summed E-state index contributed by atoms with van der Waals surface area (Å²) < 4.78 is 4.87. The van der Waals surface area contributed by atoms with Gasteiger partial charge in [0.05, 0.1) is 6.61 Å². The Labute approximate surface area is 103 Å². The van der Waals surface area contributed by atoms with Gasteiger partial charge in [-0.3, -0.25) is 4.79 Å². The molecule has 0 N–H and O–H groups in total. The molecule has 90 valence electrons. The molecule has 0 spiro atoms. The van der Waals surface area contributed by atoms with Crippen molar-refractivity contribution in [3.05, 3.63) is 0 Å². The molecule has 0 aliphatic carbocycles. The van der Waals surface area contributed by atoms with Crippen LogP contribution in [-0.2, 0) is 9.53 Å². The summed E-state index contributed by atoms with van der Waals surface area (Å²) in [7, 11) is 0. The molecule has 0 amide bonds. The van der Waals surface area contributed by atoms with Crippen molar-refractivity contribution in [3.8, 4) is 0 Å². The van der Waals surface area contributed by atoms with Gasteiger partial charge in [0.1, 0.15) is 0 Å². The number of piperidine rings is 1. The summed E-state index contributed by atoms with van der Waals surface area (Å²) >= 11 is 0. The number of hydrogen-bond acceptors (Lipinski definition) is 3. The molecule has 1 aliphatic heterocycles. The molecule has 0 bridgehead atoms. The summed E-state index contributed by atoms with van der Waals surface area (Å²) in [6.07, 6.45) is 5.52. The van der Waals surface area contributed by atoms with Crippen molar-refractivity contribution in [2.45, 2.75) is 39.0 Å². The molecule has 0 unspecified atom stereocenters. The van der Waals surface area contributed by atoms with Gasteiger partial charge in [0.15, 0.2) is 0 Å². The van der Waals surface area contributed by atoms with Crippen LogP contribution in [0.1, 0.15) is 39.0 Å². The van der Waals surface area contributed by atoms with Gasteiger partial charge < -0.3 is 9.64 Å². The normalized spacial score (nSPS) is 16.9. The van der Waals surface area contributed by atoms with Crippen LogP contribution in [-0.4, -0.2) is 37.1 Å². The lowest BCUT2D eigenvalue weighted by Crippen LogP contribution is -2.30. The summed E-state index contributed by atoms with van der Waals surface area (Å²) in [6.45, 7) is 5.83. The summed E-state index contributed by atoms with van der Waals surface area (Å²) in [5.41, 5.74) is 0. The number of likely N-dealkylation sites (tertiary alicyclic amines) is 1. The molecule has 0 atom stereocenters. The molecule has 0 saturated carbocycles. The molecular weight excluding hydrogens is 258 g/mol. The van der Waals surface area contributed by atoms with E-state index < -0.39 is 0 Å². The van der Waals surface area contributed by atoms with E-state index in [4.69, 9.17) is 4.74 Å². The molecule has 3 nitrogen and oxygen atoms in total. The molecule has 15 heavy (non-hydrogen) atoms. The molecule has 1 heterocycles. The predicted molar refractivity (Wildman–Crippen MR) is 66.5 cm³/mol. The highest BCUT2D eigenvalue weighted by Crippen LogP contribution is 2.09. The molecule has 1 rings (SSSR count). The molecule has 4 heteroatoms. The average Bonchev–Trinajstić information content (AvgIpc) is 2.20. The fraction of sp³-hybridized carbons (Fsp3) is 0.909. The molecule has 0 aromatic rings. The quantitative estimate of drug-likeness (QED) is 0.724. The smallest absolute Gasteiger partial charge is 0.305 e. The summed E-state index contributed by atoms with van der Waals surface area (Å²) in [4.78, 5) is 13.5. The van der Waals surface area contributed by atoms with E-state index in [0.717, 1.165) is 13.0 Å². The van der Waals surface area contributed by atoms with Crippen LogP contribution in [0.5, 0.6) is 0 Å². The maximum absolute atomic E-state index is 11.0. The number of nitrogens with zero attached hydrogens (tertiary/aromatic N) is 1. The van der Waals surface area contributed by atoms with Gasteiger partial charge in [-0.05, 0) is 45.8 Å². The minimum absolute atomic E-state index is 0. The van der Waals surface area contributed by atoms with Gasteiger partial charge >= 0.3 is 5.97 Å². The standard InChI is InChI=1S/C11H21NO2.BrH/c1-2-14-11(13)7-6-10-12-8-4-3-5-9-12;/h2-10H2,1H3;1H. The Morgan fingerprint density at radius 3 is 2.53 bits per heavy atom. The molecule has 0 aromatic heterocycles. The van der Waals surface area contributed by atoms with Crippen molar-refractivity contribution in [1.82, 2.24) is 4.90 Å². The maximum Gasteiger partial charge on any atom is 0.305 e. The second-order valence-corrected chi connectivity index (χ2v) is 3.81. The van der Waals surface area contributed by atoms with Crippen molar-refractivity contribution in [2.75, 3.05) is 26.2 Å². The van der Waals surface area contributed by atoms with Crippen molar-refractivity contribution in [2.24, 2.45) is 0 Å². The van der Waals surface area contributed by atoms with E-state index in [1.807, 2.05) is 6.92 Å². The minimum atomic E-state index is -0.0514. The van der Waals surface area contributed by atoms with Gasteiger partial charge in [-0.15, -0.1) is 17.0 Å². The predicted octanol–water partition coefficient (Wildman–Crippen LogP) is 2.39. The molecule has 0 aromatic carbocycles.